The van der Waals surface area contributed by atoms with Crippen LogP contribution in [0.15, 0.2) is 53.6 Å². The van der Waals surface area contributed by atoms with Gasteiger partial charge in [0.15, 0.2) is 12.4 Å². The Hall–Kier alpha value is -3.88. The number of para-hydroxylation sites is 1. The third kappa shape index (κ3) is 6.72. The maximum absolute atomic E-state index is 16.4. The number of carbonyl (C=O) groups is 1. The Labute approximate surface area is 257 Å². The monoisotopic (exact) mass is 646 g/mol. The average Bonchev–Trinajstić information content (AvgIpc) is 3.48. The topological polar surface area (TPSA) is 182 Å². The normalized spacial score (nSPS) is 23.8. The summed E-state index contributed by atoms with van der Waals surface area (Å²) in [4.78, 5) is 35.2. The molecule has 1 aliphatic rings. The van der Waals surface area contributed by atoms with Gasteiger partial charge in [0.05, 0.1) is 53.7 Å². The number of nitrogens with zero attached hydrogens (tertiary/aromatic N) is 3. The van der Waals surface area contributed by atoms with Crippen molar-refractivity contribution in [2.75, 3.05) is 26.1 Å². The maximum atomic E-state index is 16.4. The van der Waals surface area contributed by atoms with Crippen molar-refractivity contribution in [1.82, 2.24) is 24.6 Å². The molecule has 1 fully saturated rings. The number of nitrogen functional groups attached to an aromatic ring is 1. The van der Waals surface area contributed by atoms with Crippen LogP contribution in [0.4, 0.5) is 10.2 Å². The number of H-pyrrole nitrogens is 1. The molecule has 0 spiro atoms. The molecular weight excluding hydrogens is 610 g/mol. The zero-order chi connectivity index (χ0) is 32.5. The van der Waals surface area contributed by atoms with Crippen LogP contribution in [0.3, 0.4) is 0 Å². The number of hydrogen-bond donors (Lipinski definition) is 3. The minimum absolute atomic E-state index is 0.0399. The van der Waals surface area contributed by atoms with Gasteiger partial charge in [0.25, 0.3) is 0 Å². The van der Waals surface area contributed by atoms with E-state index in [1.807, 2.05) is 0 Å². The second kappa shape index (κ2) is 12.9. The van der Waals surface area contributed by atoms with E-state index in [1.54, 1.807) is 63.2 Å². The van der Waals surface area contributed by atoms with Gasteiger partial charge < -0.3 is 34.0 Å². The fourth-order valence-electron chi connectivity index (χ4n) is 5.22. The first-order valence-corrected chi connectivity index (χ1v) is 15.8. The number of nitrogens with two attached hydrogens (primary N) is 1. The van der Waals surface area contributed by atoms with Gasteiger partial charge in [-0.1, -0.05) is 25.1 Å². The quantitative estimate of drug-likeness (QED) is 0.149. The highest BCUT2D eigenvalue weighted by molar-refractivity contribution is 7.52. The van der Waals surface area contributed by atoms with Crippen LogP contribution in [0.5, 0.6) is 5.75 Å². The van der Waals surface area contributed by atoms with Crippen LogP contribution >= 0.6 is 7.75 Å². The molecule has 1 aliphatic heterocycles. The van der Waals surface area contributed by atoms with Crippen LogP contribution in [-0.2, 0) is 28.1 Å². The second-order valence-electron chi connectivity index (χ2n) is 11.4. The van der Waals surface area contributed by atoms with Gasteiger partial charge in [-0.15, -0.1) is 0 Å². The summed E-state index contributed by atoms with van der Waals surface area (Å²) in [6.07, 6.45) is -2.82. The Morgan fingerprint density at radius 1 is 1.27 bits per heavy atom. The largest absolute Gasteiger partial charge is 0.462 e. The van der Waals surface area contributed by atoms with Crippen LogP contribution in [0.25, 0.3) is 21.9 Å². The van der Waals surface area contributed by atoms with E-state index in [9.17, 15) is 14.2 Å². The molecule has 2 aromatic carbocycles. The third-order valence-corrected chi connectivity index (χ3v) is 9.17. The first-order chi connectivity index (χ1) is 21.3. The standard InChI is InChI=1S/C29H36FN6O8P/c1-16(2)42-27(37)17(3)35-45(39,44-18-9-7-6-8-10-18)41-13-23-29(4,14-40-5)24(30)26(43-23)36-15-32-21-11-19-20(12-22(21)36)33-28(38)34-25(19)31/h6-12,15-17,23-24,26H,13-14H2,1-5H3,(H,35,39)(H3,31,33,34,38)/t17-,23+,24?,26+,29?,45?/m0/s1. The minimum atomic E-state index is -4.26. The molecule has 0 radical (unpaired) electrons. The molecule has 6 atom stereocenters. The summed E-state index contributed by atoms with van der Waals surface area (Å²) in [5.41, 5.74) is 5.35. The Bertz CT molecular complexity index is 1790. The number of halogens is 1. The summed E-state index contributed by atoms with van der Waals surface area (Å²) in [5, 5.41) is 3.11. The van der Waals surface area contributed by atoms with Gasteiger partial charge in [-0.05, 0) is 45.0 Å². The summed E-state index contributed by atoms with van der Waals surface area (Å²) in [7, 11) is -2.83. The van der Waals surface area contributed by atoms with Crippen molar-refractivity contribution < 1.29 is 37.0 Å². The SMILES string of the molecule is COCC1(C)C(F)[C@H](n2cnc3cc4c(N)nc(=O)[nH]c4cc32)O[C@@H]1COP(=O)(N[C@@H](C)C(=O)OC(C)C)Oc1ccccc1. The average molecular weight is 647 g/mol. The number of carbonyl (C=O) groups excluding carboxylic acids is 1. The van der Waals surface area contributed by atoms with E-state index in [0.717, 1.165) is 0 Å². The van der Waals surface area contributed by atoms with E-state index in [2.05, 4.69) is 20.0 Å². The molecular formula is C29H36FN6O8P. The summed E-state index contributed by atoms with van der Waals surface area (Å²) < 4.78 is 60.4. The Morgan fingerprint density at radius 2 is 2.00 bits per heavy atom. The molecule has 0 amide bonds. The molecule has 4 N–H and O–H groups in total. The van der Waals surface area contributed by atoms with Crippen LogP contribution in [0.1, 0.15) is 33.9 Å². The Balaban J connectivity index is 1.44. The minimum Gasteiger partial charge on any atom is -0.462 e. The number of benzene rings is 2. The van der Waals surface area contributed by atoms with Crippen LogP contribution in [0, 0.1) is 5.41 Å². The molecule has 0 saturated carbocycles. The number of anilines is 1. The van der Waals surface area contributed by atoms with Gasteiger partial charge in [0.1, 0.15) is 17.6 Å². The number of ether oxygens (including phenoxy) is 3. The van der Waals surface area contributed by atoms with Gasteiger partial charge in [0.2, 0.25) is 0 Å². The number of methoxy groups -OCH3 is 1. The molecule has 45 heavy (non-hydrogen) atoms. The van der Waals surface area contributed by atoms with Crippen LogP contribution < -0.4 is 21.0 Å². The van der Waals surface area contributed by atoms with Gasteiger partial charge in [0, 0.05) is 12.5 Å². The smallest absolute Gasteiger partial charge is 0.459 e. The van der Waals surface area contributed by atoms with Crippen molar-refractivity contribution in [2.45, 2.75) is 58.3 Å². The molecule has 5 rings (SSSR count). The van der Waals surface area contributed by atoms with E-state index < -0.39 is 62.1 Å². The second-order valence-corrected chi connectivity index (χ2v) is 13.0. The fourth-order valence-corrected chi connectivity index (χ4v) is 6.71. The predicted molar refractivity (Wildman–Crippen MR) is 163 cm³/mol. The maximum Gasteiger partial charge on any atom is 0.459 e. The number of aromatic nitrogens is 4. The van der Waals surface area contributed by atoms with Crippen LogP contribution in [0.2, 0.25) is 0 Å². The van der Waals surface area contributed by atoms with E-state index >= 15 is 4.39 Å². The number of imidazole rings is 1. The summed E-state index contributed by atoms with van der Waals surface area (Å²) >= 11 is 0. The number of alkyl halides is 1. The van der Waals surface area contributed by atoms with E-state index in [-0.39, 0.29) is 18.2 Å². The number of rotatable bonds is 12. The molecule has 0 bridgehead atoms. The van der Waals surface area contributed by atoms with Crippen molar-refractivity contribution in [3.05, 3.63) is 59.3 Å². The number of hydrogen-bond acceptors (Lipinski definition) is 11. The Morgan fingerprint density at radius 3 is 2.69 bits per heavy atom. The van der Waals surface area contributed by atoms with E-state index in [1.165, 1.54) is 24.9 Å². The molecule has 16 heteroatoms. The van der Waals surface area contributed by atoms with Crippen molar-refractivity contribution in [2.24, 2.45) is 5.41 Å². The van der Waals surface area contributed by atoms with Gasteiger partial charge in [-0.25, -0.2) is 18.7 Å². The van der Waals surface area contributed by atoms with Crippen molar-refractivity contribution in [3.63, 3.8) is 0 Å². The Kier molecular flexibility index (Phi) is 9.28. The number of esters is 1. The highest BCUT2D eigenvalue weighted by Gasteiger charge is 2.56. The van der Waals surface area contributed by atoms with Crippen molar-refractivity contribution in [3.8, 4) is 5.75 Å². The molecule has 14 nitrogen and oxygen atoms in total. The predicted octanol–water partition coefficient (Wildman–Crippen LogP) is 3.88. The van der Waals surface area contributed by atoms with Gasteiger partial charge in [-0.3, -0.25) is 9.32 Å². The molecule has 2 aromatic heterocycles. The van der Waals surface area contributed by atoms with Gasteiger partial charge in [-0.2, -0.15) is 10.1 Å². The van der Waals surface area contributed by atoms with E-state index in [0.29, 0.717) is 21.9 Å². The lowest BCUT2D eigenvalue weighted by Crippen LogP contribution is -2.42. The molecule has 3 unspecified atom stereocenters. The number of aromatic amines is 1. The first-order valence-electron chi connectivity index (χ1n) is 14.3. The molecule has 4 aromatic rings. The highest BCUT2D eigenvalue weighted by Crippen LogP contribution is 2.50. The molecule has 1 saturated heterocycles. The zero-order valence-electron chi connectivity index (χ0n) is 25.4. The van der Waals surface area contributed by atoms with Crippen molar-refractivity contribution >= 4 is 41.5 Å². The summed E-state index contributed by atoms with van der Waals surface area (Å²) in [6.45, 7) is 6.01. The fraction of sp³-hybridized carbons (Fsp3) is 0.448. The lowest BCUT2D eigenvalue weighted by atomic mass is 9.82. The van der Waals surface area contributed by atoms with Crippen LogP contribution in [-0.4, -0.2) is 70.2 Å². The molecule has 0 aliphatic carbocycles. The summed E-state index contributed by atoms with van der Waals surface area (Å²) in [5.74, 6) is -0.399. The first kappa shape index (κ1) is 32.5. The number of nitrogens with one attached hydrogen (secondary N) is 2. The third-order valence-electron chi connectivity index (χ3n) is 7.52. The van der Waals surface area contributed by atoms with E-state index in [4.69, 9.17) is 29.0 Å². The lowest BCUT2D eigenvalue weighted by Gasteiger charge is -2.31. The lowest BCUT2D eigenvalue weighted by molar-refractivity contribution is -0.149. The molecule has 242 valence electrons. The van der Waals surface area contributed by atoms with Crippen molar-refractivity contribution in [1.29, 1.82) is 0 Å². The highest BCUT2D eigenvalue weighted by atomic mass is 31.2. The summed E-state index contributed by atoms with van der Waals surface area (Å²) in [6, 6.07) is 10.5. The number of fused-ring (bicyclic) bond motifs is 2. The zero-order valence-corrected chi connectivity index (χ0v) is 26.3. The van der Waals surface area contributed by atoms with Gasteiger partial charge >= 0.3 is 19.4 Å². The molecule has 3 heterocycles.